The maximum atomic E-state index is 9.35. The molecule has 2 unspecified atom stereocenters. The number of ether oxygens (including phenoxy) is 2. The molecular formula is C21H27ClO5. The average Bonchev–Trinajstić information content (AvgIpc) is 2.70. The van der Waals surface area contributed by atoms with E-state index >= 15 is 0 Å². The van der Waals surface area contributed by atoms with E-state index in [9.17, 15) is 5.11 Å². The van der Waals surface area contributed by atoms with Gasteiger partial charge in [0.05, 0.1) is 18.6 Å². The van der Waals surface area contributed by atoms with Gasteiger partial charge < -0.3 is 24.8 Å². The van der Waals surface area contributed by atoms with Crippen LogP contribution in [0.1, 0.15) is 25.0 Å². The molecule has 0 heterocycles. The number of alkyl halides is 1. The molecule has 0 aromatic heterocycles. The monoisotopic (exact) mass is 394 g/mol. The van der Waals surface area contributed by atoms with Crippen molar-refractivity contribution >= 4 is 11.6 Å². The van der Waals surface area contributed by atoms with Crippen molar-refractivity contribution < 1.29 is 24.8 Å². The lowest BCUT2D eigenvalue weighted by Gasteiger charge is -2.26. The van der Waals surface area contributed by atoms with Crippen molar-refractivity contribution in [3.8, 4) is 11.5 Å². The quantitative estimate of drug-likeness (QED) is 0.540. The lowest BCUT2D eigenvalue weighted by Crippen LogP contribution is -2.21. The third kappa shape index (κ3) is 6.11. The van der Waals surface area contributed by atoms with Crippen LogP contribution in [0, 0.1) is 0 Å². The summed E-state index contributed by atoms with van der Waals surface area (Å²) in [6, 6.07) is 15.5. The van der Waals surface area contributed by atoms with Gasteiger partial charge in [-0.3, -0.25) is 0 Å². The predicted octanol–water partition coefficient (Wildman–Crippen LogP) is 2.72. The van der Waals surface area contributed by atoms with Crippen molar-refractivity contribution in [2.45, 2.75) is 30.7 Å². The molecule has 0 aliphatic rings. The highest BCUT2D eigenvalue weighted by Gasteiger charge is 2.23. The number of halogens is 1. The molecule has 0 spiro atoms. The van der Waals surface area contributed by atoms with E-state index in [1.807, 2.05) is 48.5 Å². The zero-order chi connectivity index (χ0) is 19.9. The van der Waals surface area contributed by atoms with Gasteiger partial charge in [-0.05, 0) is 35.4 Å². The normalized spacial score (nSPS) is 13.9. The van der Waals surface area contributed by atoms with Crippen molar-refractivity contribution in [3.05, 3.63) is 59.7 Å². The molecule has 2 aromatic rings. The van der Waals surface area contributed by atoms with Crippen molar-refractivity contribution in [2.75, 3.05) is 26.4 Å². The van der Waals surface area contributed by atoms with Crippen molar-refractivity contribution in [1.29, 1.82) is 0 Å². The molecule has 148 valence electrons. The summed E-state index contributed by atoms with van der Waals surface area (Å²) < 4.78 is 11.0. The second-order valence-electron chi connectivity index (χ2n) is 6.91. The summed E-state index contributed by atoms with van der Waals surface area (Å²) in [7, 11) is 0. The largest absolute Gasteiger partial charge is 0.492 e. The van der Waals surface area contributed by atoms with Crippen LogP contribution in [0.2, 0.25) is 0 Å². The summed E-state index contributed by atoms with van der Waals surface area (Å²) in [5.74, 6) is 1.35. The van der Waals surface area contributed by atoms with E-state index in [0.717, 1.165) is 11.1 Å². The zero-order valence-electron chi connectivity index (χ0n) is 15.6. The number of benzene rings is 2. The number of rotatable bonds is 10. The molecule has 0 saturated heterocycles. The van der Waals surface area contributed by atoms with Gasteiger partial charge in [0, 0.05) is 5.41 Å². The van der Waals surface area contributed by atoms with Crippen molar-refractivity contribution in [2.24, 2.45) is 0 Å². The Balaban J connectivity index is 2.04. The summed E-state index contributed by atoms with van der Waals surface area (Å²) >= 11 is 5.85. The molecule has 0 aliphatic heterocycles. The summed E-state index contributed by atoms with van der Waals surface area (Å²) in [5.41, 5.74) is 2.03. The van der Waals surface area contributed by atoms with Gasteiger partial charge in [-0.2, -0.15) is 0 Å². The molecule has 6 heteroatoms. The molecule has 2 rings (SSSR count). The predicted molar refractivity (Wildman–Crippen MR) is 106 cm³/mol. The highest BCUT2D eigenvalue weighted by molar-refractivity contribution is 6.20. The highest BCUT2D eigenvalue weighted by atomic mass is 35.5. The number of hydrogen-bond acceptors (Lipinski definition) is 5. The summed E-state index contributed by atoms with van der Waals surface area (Å²) in [6.45, 7) is 4.14. The smallest absolute Gasteiger partial charge is 0.119 e. The van der Waals surface area contributed by atoms with Gasteiger partial charge in [0.25, 0.3) is 0 Å². The first-order valence-corrected chi connectivity index (χ1v) is 9.31. The van der Waals surface area contributed by atoms with Crippen molar-refractivity contribution in [1.82, 2.24) is 0 Å². The molecule has 0 aliphatic carbocycles. The lowest BCUT2D eigenvalue weighted by atomic mass is 9.78. The van der Waals surface area contributed by atoms with E-state index in [2.05, 4.69) is 13.8 Å². The lowest BCUT2D eigenvalue weighted by molar-refractivity contribution is 0.0536. The van der Waals surface area contributed by atoms with E-state index in [1.54, 1.807) is 0 Å². The molecule has 0 fully saturated rings. The third-order valence-corrected chi connectivity index (χ3v) is 4.70. The zero-order valence-corrected chi connectivity index (χ0v) is 16.4. The van der Waals surface area contributed by atoms with E-state index in [1.165, 1.54) is 0 Å². The van der Waals surface area contributed by atoms with Gasteiger partial charge in [0.2, 0.25) is 0 Å². The Hall–Kier alpha value is -1.79. The standard InChI is InChI=1S/C21H27ClO5/c1-21(2,15-3-7-19(8-4-15)26-13-17(22)11-23)16-5-9-20(10-6-16)27-14-18(25)12-24/h3-10,17-18,23-25H,11-14H2,1-2H3. The van der Waals surface area contributed by atoms with Gasteiger partial charge in [-0.1, -0.05) is 38.1 Å². The number of aliphatic hydroxyl groups excluding tert-OH is 3. The van der Waals surface area contributed by atoms with Crippen LogP contribution >= 0.6 is 11.6 Å². The Morgan fingerprint density at radius 2 is 1.26 bits per heavy atom. The number of hydrogen-bond donors (Lipinski definition) is 3. The Bertz CT molecular complexity index is 625. The first-order valence-electron chi connectivity index (χ1n) is 8.87. The van der Waals surface area contributed by atoms with Gasteiger partial charge >= 0.3 is 0 Å². The molecule has 27 heavy (non-hydrogen) atoms. The molecule has 3 N–H and O–H groups in total. The minimum Gasteiger partial charge on any atom is -0.492 e. The van der Waals surface area contributed by atoms with E-state index in [-0.39, 0.29) is 31.8 Å². The fraction of sp³-hybridized carbons (Fsp3) is 0.429. The fourth-order valence-electron chi connectivity index (χ4n) is 2.59. The molecule has 0 bridgehead atoms. The van der Waals surface area contributed by atoms with Crippen LogP contribution in [0.5, 0.6) is 11.5 Å². The van der Waals surface area contributed by atoms with E-state index in [0.29, 0.717) is 11.5 Å². The Morgan fingerprint density at radius 3 is 1.67 bits per heavy atom. The molecule has 0 amide bonds. The molecular weight excluding hydrogens is 368 g/mol. The summed E-state index contributed by atoms with van der Waals surface area (Å²) in [4.78, 5) is 0. The maximum absolute atomic E-state index is 9.35. The number of aliphatic hydroxyl groups is 3. The van der Waals surface area contributed by atoms with Crippen LogP contribution in [0.4, 0.5) is 0 Å². The van der Waals surface area contributed by atoms with Crippen LogP contribution in [0.15, 0.2) is 48.5 Å². The first kappa shape index (κ1) is 21.5. The molecule has 0 radical (unpaired) electrons. The highest BCUT2D eigenvalue weighted by Crippen LogP contribution is 2.33. The van der Waals surface area contributed by atoms with Crippen LogP contribution in [0.25, 0.3) is 0 Å². The van der Waals surface area contributed by atoms with Gasteiger partial charge in [0.15, 0.2) is 0 Å². The minimum atomic E-state index is -0.881. The topological polar surface area (TPSA) is 79.2 Å². The van der Waals surface area contributed by atoms with Crippen LogP contribution < -0.4 is 9.47 Å². The third-order valence-electron chi connectivity index (χ3n) is 4.43. The second-order valence-corrected chi connectivity index (χ2v) is 7.53. The van der Waals surface area contributed by atoms with Gasteiger partial charge in [-0.25, -0.2) is 0 Å². The van der Waals surface area contributed by atoms with Crippen molar-refractivity contribution in [3.63, 3.8) is 0 Å². The maximum Gasteiger partial charge on any atom is 0.119 e. The SMILES string of the molecule is CC(C)(c1ccc(OCC(O)CO)cc1)c1ccc(OCC(Cl)CO)cc1. The molecule has 5 nitrogen and oxygen atoms in total. The van der Waals surface area contributed by atoms with E-state index in [4.69, 9.17) is 31.3 Å². The van der Waals surface area contributed by atoms with Crippen LogP contribution in [-0.4, -0.2) is 53.2 Å². The molecule has 2 atom stereocenters. The van der Waals surface area contributed by atoms with Gasteiger partial charge in [-0.15, -0.1) is 11.6 Å². The Labute approximate surface area is 165 Å². The second kappa shape index (κ2) is 9.95. The van der Waals surface area contributed by atoms with Crippen LogP contribution in [-0.2, 0) is 5.41 Å². The molecule has 0 saturated carbocycles. The fourth-order valence-corrected chi connectivity index (χ4v) is 2.65. The summed E-state index contributed by atoms with van der Waals surface area (Å²) in [6.07, 6.45) is -0.881. The van der Waals surface area contributed by atoms with E-state index < -0.39 is 11.5 Å². The first-order chi connectivity index (χ1) is 12.9. The Kier molecular flexibility index (Phi) is 7.92. The molecule has 2 aromatic carbocycles. The Morgan fingerprint density at radius 1 is 0.815 bits per heavy atom. The minimum absolute atomic E-state index is 0.0557. The van der Waals surface area contributed by atoms with Crippen LogP contribution in [0.3, 0.4) is 0 Å². The average molecular weight is 395 g/mol. The van der Waals surface area contributed by atoms with Gasteiger partial charge in [0.1, 0.15) is 30.8 Å². The summed E-state index contributed by atoms with van der Waals surface area (Å²) in [5, 5.41) is 26.7.